The van der Waals surface area contributed by atoms with Crippen molar-refractivity contribution < 1.29 is 9.66 Å². The van der Waals surface area contributed by atoms with Gasteiger partial charge in [-0.3, -0.25) is 10.1 Å². The topological polar surface area (TPSA) is 76.2 Å². The maximum absolute atomic E-state index is 10.9. The highest BCUT2D eigenvalue weighted by Crippen LogP contribution is 2.49. The van der Waals surface area contributed by atoms with E-state index in [0.717, 1.165) is 12.8 Å². The minimum Gasteiger partial charge on any atom is -0.485 e. The first-order valence-corrected chi connectivity index (χ1v) is 6.30. The fraction of sp³-hybridized carbons (Fsp3) is 0.417. The Bertz CT molecular complexity index is 521. The van der Waals surface area contributed by atoms with Crippen molar-refractivity contribution in [2.75, 3.05) is 6.61 Å². The Balaban J connectivity index is 2.14. The summed E-state index contributed by atoms with van der Waals surface area (Å²) in [4.78, 5) is 10.4. The van der Waals surface area contributed by atoms with Crippen molar-refractivity contribution in [3.63, 3.8) is 0 Å². The second kappa shape index (κ2) is 4.94. The molecule has 0 radical (unpaired) electrons. The molecule has 0 unspecified atom stereocenters. The molecule has 0 aromatic heterocycles. The van der Waals surface area contributed by atoms with Crippen LogP contribution < -0.4 is 4.74 Å². The lowest BCUT2D eigenvalue weighted by Crippen LogP contribution is -2.13. The van der Waals surface area contributed by atoms with Crippen LogP contribution in [-0.2, 0) is 0 Å². The smallest absolute Gasteiger partial charge is 0.312 e. The molecule has 0 N–H and O–H groups in total. The zero-order valence-electron chi connectivity index (χ0n) is 9.56. The van der Waals surface area contributed by atoms with Crippen molar-refractivity contribution in [3.8, 4) is 11.8 Å². The highest BCUT2D eigenvalue weighted by molar-refractivity contribution is 9.10. The molecule has 5 nitrogen and oxygen atoms in total. The normalized spacial score (nSPS) is 15.8. The molecule has 0 aliphatic heterocycles. The number of para-hydroxylation sites is 1. The number of halogens is 1. The van der Waals surface area contributed by atoms with Gasteiger partial charge in [-0.1, -0.05) is 6.07 Å². The molecule has 1 aliphatic carbocycles. The van der Waals surface area contributed by atoms with E-state index in [1.807, 2.05) is 0 Å². The fourth-order valence-corrected chi connectivity index (χ4v) is 2.20. The monoisotopic (exact) mass is 310 g/mol. The van der Waals surface area contributed by atoms with Crippen LogP contribution in [-0.4, -0.2) is 11.5 Å². The van der Waals surface area contributed by atoms with Crippen molar-refractivity contribution in [3.05, 3.63) is 32.8 Å². The van der Waals surface area contributed by atoms with Gasteiger partial charge in [0.1, 0.15) is 0 Å². The molecule has 94 valence electrons. The molecule has 1 aromatic carbocycles. The molecule has 0 bridgehead atoms. The highest BCUT2D eigenvalue weighted by atomic mass is 79.9. The molecular formula is C12H11BrN2O3. The van der Waals surface area contributed by atoms with Gasteiger partial charge in [0.25, 0.3) is 0 Å². The van der Waals surface area contributed by atoms with E-state index < -0.39 is 4.92 Å². The minimum atomic E-state index is -0.468. The molecule has 1 fully saturated rings. The number of nitriles is 1. The number of hydrogen-bond donors (Lipinski definition) is 0. The molecule has 0 spiro atoms. The number of nitrogens with zero attached hydrogens (tertiary/aromatic N) is 2. The lowest BCUT2D eigenvalue weighted by atomic mass is 10.1. The van der Waals surface area contributed by atoms with Crippen molar-refractivity contribution in [1.29, 1.82) is 5.26 Å². The van der Waals surface area contributed by atoms with Gasteiger partial charge >= 0.3 is 5.69 Å². The Morgan fingerprint density at radius 2 is 2.28 bits per heavy atom. The molecule has 1 aliphatic rings. The molecule has 1 saturated carbocycles. The van der Waals surface area contributed by atoms with Gasteiger partial charge in [-0.25, -0.2) is 0 Å². The zero-order valence-corrected chi connectivity index (χ0v) is 11.1. The van der Waals surface area contributed by atoms with E-state index in [9.17, 15) is 10.1 Å². The standard InChI is InChI=1S/C12H11BrN2O3/c13-9-2-1-3-10(15(16)17)11(9)18-8-12(4-5-12)6-7-14/h1-3H,4-6,8H2. The van der Waals surface area contributed by atoms with Crippen LogP contribution in [0.5, 0.6) is 5.75 Å². The van der Waals surface area contributed by atoms with E-state index >= 15 is 0 Å². The molecule has 0 amide bonds. The number of benzene rings is 1. The van der Waals surface area contributed by atoms with Gasteiger partial charge in [-0.15, -0.1) is 0 Å². The predicted molar refractivity (Wildman–Crippen MR) is 68.2 cm³/mol. The van der Waals surface area contributed by atoms with Crippen LogP contribution in [0.15, 0.2) is 22.7 Å². The molecule has 0 saturated heterocycles. The Labute approximate surface area is 113 Å². The Morgan fingerprint density at radius 3 is 2.83 bits per heavy atom. The molecule has 1 aromatic rings. The average Bonchev–Trinajstić information content (AvgIpc) is 3.08. The van der Waals surface area contributed by atoms with Crippen LogP contribution in [0.25, 0.3) is 0 Å². The number of ether oxygens (including phenoxy) is 1. The second-order valence-corrected chi connectivity index (χ2v) is 5.32. The third-order valence-electron chi connectivity index (χ3n) is 3.08. The van der Waals surface area contributed by atoms with E-state index in [-0.39, 0.29) is 16.9 Å². The third kappa shape index (κ3) is 2.62. The first-order valence-electron chi connectivity index (χ1n) is 5.51. The van der Waals surface area contributed by atoms with Gasteiger partial charge in [0.15, 0.2) is 0 Å². The van der Waals surface area contributed by atoms with Crippen LogP contribution in [0, 0.1) is 26.9 Å². The molecule has 0 atom stereocenters. The summed E-state index contributed by atoms with van der Waals surface area (Å²) in [5.41, 5.74) is -0.158. The van der Waals surface area contributed by atoms with E-state index in [4.69, 9.17) is 10.00 Å². The summed E-state index contributed by atoms with van der Waals surface area (Å²) in [6.07, 6.45) is 2.32. The van der Waals surface area contributed by atoms with Crippen molar-refractivity contribution >= 4 is 21.6 Å². The molecule has 2 rings (SSSR count). The molecule has 18 heavy (non-hydrogen) atoms. The lowest BCUT2D eigenvalue weighted by molar-refractivity contribution is -0.386. The van der Waals surface area contributed by atoms with Gasteiger partial charge in [-0.2, -0.15) is 5.26 Å². The van der Waals surface area contributed by atoms with Crippen LogP contribution in [0.4, 0.5) is 5.69 Å². The van der Waals surface area contributed by atoms with Gasteiger partial charge < -0.3 is 4.74 Å². The summed E-state index contributed by atoms with van der Waals surface area (Å²) in [6.45, 7) is 0.351. The van der Waals surface area contributed by atoms with Crippen molar-refractivity contribution in [2.45, 2.75) is 19.3 Å². The molecule has 6 heteroatoms. The maximum atomic E-state index is 10.9. The summed E-state index contributed by atoms with van der Waals surface area (Å²) < 4.78 is 6.13. The average molecular weight is 311 g/mol. The third-order valence-corrected chi connectivity index (χ3v) is 3.70. The fourth-order valence-electron chi connectivity index (χ4n) is 1.73. The van der Waals surface area contributed by atoms with E-state index in [1.165, 1.54) is 6.07 Å². The summed E-state index contributed by atoms with van der Waals surface area (Å²) in [5, 5.41) is 19.6. The van der Waals surface area contributed by atoms with Crippen molar-refractivity contribution in [1.82, 2.24) is 0 Å². The Hall–Kier alpha value is -1.61. The Kier molecular flexibility index (Phi) is 3.53. The summed E-state index contributed by atoms with van der Waals surface area (Å²) in [6, 6.07) is 6.83. The highest BCUT2D eigenvalue weighted by Gasteiger charge is 2.43. The van der Waals surface area contributed by atoms with Crippen LogP contribution in [0.3, 0.4) is 0 Å². The van der Waals surface area contributed by atoms with Crippen molar-refractivity contribution in [2.24, 2.45) is 5.41 Å². The lowest BCUT2D eigenvalue weighted by Gasteiger charge is -2.13. The van der Waals surface area contributed by atoms with Gasteiger partial charge in [0, 0.05) is 17.9 Å². The van der Waals surface area contributed by atoms with E-state index in [1.54, 1.807) is 12.1 Å². The van der Waals surface area contributed by atoms with E-state index in [2.05, 4.69) is 22.0 Å². The SMILES string of the molecule is N#CCC1(COc2c(Br)cccc2[N+](=O)[O-])CC1. The molecular weight excluding hydrogens is 300 g/mol. The summed E-state index contributed by atoms with van der Waals surface area (Å²) in [5.74, 6) is 0.242. The maximum Gasteiger partial charge on any atom is 0.312 e. The first kappa shape index (κ1) is 12.8. The Morgan fingerprint density at radius 1 is 1.56 bits per heavy atom. The quantitative estimate of drug-likeness (QED) is 0.616. The van der Waals surface area contributed by atoms with Gasteiger partial charge in [0.05, 0.1) is 22.1 Å². The van der Waals surface area contributed by atoms with Crippen LogP contribution in [0.2, 0.25) is 0 Å². The number of rotatable bonds is 5. The number of nitro groups is 1. The number of hydrogen-bond acceptors (Lipinski definition) is 4. The summed E-state index contributed by atoms with van der Waals surface area (Å²) >= 11 is 3.25. The second-order valence-electron chi connectivity index (χ2n) is 4.47. The van der Waals surface area contributed by atoms with E-state index in [0.29, 0.717) is 17.5 Å². The minimum absolute atomic E-state index is 0.0582. The summed E-state index contributed by atoms with van der Waals surface area (Å²) in [7, 11) is 0. The zero-order chi connectivity index (χ0) is 13.2. The largest absolute Gasteiger partial charge is 0.485 e. The number of nitro benzene ring substituents is 1. The van der Waals surface area contributed by atoms with Crippen LogP contribution >= 0.6 is 15.9 Å². The predicted octanol–water partition coefficient (Wildman–Crippen LogP) is 3.43. The first-order chi connectivity index (χ1) is 8.58. The van der Waals surface area contributed by atoms with Gasteiger partial charge in [-0.05, 0) is 34.8 Å². The molecule has 0 heterocycles. The van der Waals surface area contributed by atoms with Gasteiger partial charge in [0.2, 0.25) is 5.75 Å². The van der Waals surface area contributed by atoms with Crippen LogP contribution in [0.1, 0.15) is 19.3 Å².